The van der Waals surface area contributed by atoms with Crippen LogP contribution in [0, 0.1) is 0 Å². The van der Waals surface area contributed by atoms with Crippen LogP contribution in [0.3, 0.4) is 0 Å². The van der Waals surface area contributed by atoms with Gasteiger partial charge in [0.2, 0.25) is 0 Å². The maximum Gasteiger partial charge on any atom is 0.329 e. The zero-order chi connectivity index (χ0) is 18.8. The first-order valence-electron chi connectivity index (χ1n) is 7.71. The fourth-order valence-corrected chi connectivity index (χ4v) is 1.88. The van der Waals surface area contributed by atoms with Crippen molar-refractivity contribution < 1.29 is 19.1 Å². The lowest BCUT2D eigenvalue weighted by atomic mass is 10.2. The summed E-state index contributed by atoms with van der Waals surface area (Å²) in [6.45, 7) is 0.0468. The molecular weight excluding hydrogens is 336 g/mol. The van der Waals surface area contributed by atoms with Crippen LogP contribution in [0.1, 0.15) is 11.1 Å². The van der Waals surface area contributed by atoms with Gasteiger partial charge in [-0.15, -0.1) is 0 Å². The highest BCUT2D eigenvalue weighted by molar-refractivity contribution is 6.35. The fraction of sp³-hybridized carbons (Fsp3) is 0.111. The molecule has 0 saturated heterocycles. The molecule has 0 saturated carbocycles. The first kappa shape index (κ1) is 18.7. The number of amides is 3. The van der Waals surface area contributed by atoms with E-state index in [1.807, 2.05) is 30.3 Å². The van der Waals surface area contributed by atoms with Gasteiger partial charge in [0.15, 0.2) is 6.61 Å². The van der Waals surface area contributed by atoms with Gasteiger partial charge in [0.05, 0.1) is 6.21 Å². The molecule has 0 bridgehead atoms. The molecule has 134 valence electrons. The molecule has 0 atom stereocenters. The lowest BCUT2D eigenvalue weighted by Gasteiger charge is -2.04. The van der Waals surface area contributed by atoms with Gasteiger partial charge in [-0.2, -0.15) is 5.10 Å². The molecule has 0 fully saturated rings. The van der Waals surface area contributed by atoms with E-state index >= 15 is 0 Å². The first-order valence-corrected chi connectivity index (χ1v) is 7.71. The van der Waals surface area contributed by atoms with Gasteiger partial charge >= 0.3 is 11.8 Å². The number of hydrogen-bond donors (Lipinski definition) is 3. The van der Waals surface area contributed by atoms with E-state index < -0.39 is 17.7 Å². The van der Waals surface area contributed by atoms with Crippen LogP contribution < -0.4 is 21.2 Å². The maximum atomic E-state index is 11.7. The van der Waals surface area contributed by atoms with Crippen molar-refractivity contribution in [3.05, 3.63) is 65.7 Å². The van der Waals surface area contributed by atoms with Crippen molar-refractivity contribution in [2.45, 2.75) is 6.54 Å². The van der Waals surface area contributed by atoms with E-state index in [1.165, 1.54) is 6.21 Å². The van der Waals surface area contributed by atoms with Gasteiger partial charge in [-0.25, -0.2) is 5.43 Å². The van der Waals surface area contributed by atoms with Crippen LogP contribution >= 0.6 is 0 Å². The Morgan fingerprint density at radius 3 is 2.35 bits per heavy atom. The lowest BCUT2D eigenvalue weighted by molar-refractivity contribution is -0.139. The third-order valence-corrected chi connectivity index (χ3v) is 3.14. The number of hydrazone groups is 1. The Kier molecular flexibility index (Phi) is 6.87. The average Bonchev–Trinajstić information content (AvgIpc) is 2.66. The molecule has 0 aliphatic carbocycles. The minimum absolute atomic E-state index is 0.207. The molecule has 0 heterocycles. The Labute approximate surface area is 150 Å². The minimum atomic E-state index is -0.862. The van der Waals surface area contributed by atoms with Crippen molar-refractivity contribution in [2.24, 2.45) is 10.8 Å². The number of hydrogen-bond acceptors (Lipinski definition) is 5. The number of carbonyl (C=O) groups is 3. The van der Waals surface area contributed by atoms with Crippen molar-refractivity contribution in [1.82, 2.24) is 10.7 Å². The normalized spacial score (nSPS) is 10.3. The predicted octanol–water partition coefficient (Wildman–Crippen LogP) is 0.317. The summed E-state index contributed by atoms with van der Waals surface area (Å²) in [5.74, 6) is -1.73. The Hall–Kier alpha value is -3.68. The Morgan fingerprint density at radius 1 is 1.00 bits per heavy atom. The molecular formula is C18H18N4O4. The molecule has 2 aromatic rings. The minimum Gasteiger partial charge on any atom is -0.484 e. The first-order chi connectivity index (χ1) is 12.5. The molecule has 0 spiro atoms. The number of nitrogens with two attached hydrogens (primary N) is 1. The summed E-state index contributed by atoms with van der Waals surface area (Å²) in [6.07, 6.45) is 1.38. The van der Waals surface area contributed by atoms with Crippen LogP contribution in [-0.4, -0.2) is 30.5 Å². The highest BCUT2D eigenvalue weighted by atomic mass is 16.5. The van der Waals surface area contributed by atoms with E-state index in [0.29, 0.717) is 11.3 Å². The smallest absolute Gasteiger partial charge is 0.329 e. The molecule has 2 rings (SSSR count). The summed E-state index contributed by atoms with van der Waals surface area (Å²) < 4.78 is 5.12. The second-order valence-electron chi connectivity index (χ2n) is 5.19. The molecule has 3 amide bonds. The molecule has 4 N–H and O–H groups in total. The molecule has 8 heteroatoms. The molecule has 26 heavy (non-hydrogen) atoms. The van der Waals surface area contributed by atoms with Crippen molar-refractivity contribution in [3.8, 4) is 5.75 Å². The number of ether oxygens (including phenoxy) is 1. The van der Waals surface area contributed by atoms with E-state index in [2.05, 4.69) is 15.8 Å². The number of nitrogens with zero attached hydrogens (tertiary/aromatic N) is 1. The quantitative estimate of drug-likeness (QED) is 0.376. The van der Waals surface area contributed by atoms with Gasteiger partial charge in [-0.05, 0) is 35.4 Å². The zero-order valence-electron chi connectivity index (χ0n) is 13.8. The van der Waals surface area contributed by atoms with Gasteiger partial charge in [-0.3, -0.25) is 14.4 Å². The number of rotatable bonds is 7. The van der Waals surface area contributed by atoms with Crippen molar-refractivity contribution in [1.29, 1.82) is 0 Å². The summed E-state index contributed by atoms with van der Waals surface area (Å²) in [5.41, 5.74) is 8.69. The van der Waals surface area contributed by atoms with Gasteiger partial charge in [0, 0.05) is 6.54 Å². The van der Waals surface area contributed by atoms with E-state index in [1.54, 1.807) is 24.3 Å². The average molecular weight is 354 g/mol. The molecule has 8 nitrogen and oxygen atoms in total. The number of benzene rings is 2. The van der Waals surface area contributed by atoms with Crippen LogP contribution in [-0.2, 0) is 20.9 Å². The largest absolute Gasteiger partial charge is 0.484 e. The molecule has 0 aromatic heterocycles. The van der Waals surface area contributed by atoms with Crippen molar-refractivity contribution >= 4 is 23.9 Å². The fourth-order valence-electron chi connectivity index (χ4n) is 1.88. The van der Waals surface area contributed by atoms with Gasteiger partial charge < -0.3 is 15.8 Å². The molecule has 0 aliphatic heterocycles. The van der Waals surface area contributed by atoms with Crippen LogP contribution in [0.2, 0.25) is 0 Å². The van der Waals surface area contributed by atoms with Crippen LogP contribution in [0.5, 0.6) is 5.75 Å². The third kappa shape index (κ3) is 6.44. The highest BCUT2D eigenvalue weighted by Crippen LogP contribution is 2.10. The summed E-state index contributed by atoms with van der Waals surface area (Å²) >= 11 is 0. The van der Waals surface area contributed by atoms with Crippen LogP contribution in [0.4, 0.5) is 0 Å². The van der Waals surface area contributed by atoms with E-state index in [0.717, 1.165) is 5.56 Å². The maximum absolute atomic E-state index is 11.7. The monoisotopic (exact) mass is 354 g/mol. The molecule has 0 radical (unpaired) electrons. The summed E-state index contributed by atoms with van der Waals surface area (Å²) in [6, 6.07) is 15.8. The standard InChI is InChI=1S/C18H18N4O4/c19-16(23)12-26-15-8-6-14(7-9-15)11-21-22-18(25)17(24)20-10-13-4-2-1-3-5-13/h1-9,11H,10,12H2,(H2,19,23)(H,20,24)(H,22,25)/b21-11-. The summed E-state index contributed by atoms with van der Waals surface area (Å²) in [4.78, 5) is 34.0. The molecule has 2 aromatic carbocycles. The third-order valence-electron chi connectivity index (χ3n) is 3.14. The molecule has 0 unspecified atom stereocenters. The predicted molar refractivity (Wildman–Crippen MR) is 95.2 cm³/mol. The Balaban J connectivity index is 1.77. The lowest BCUT2D eigenvalue weighted by Crippen LogP contribution is -2.37. The van der Waals surface area contributed by atoms with Gasteiger partial charge in [-0.1, -0.05) is 30.3 Å². The topological polar surface area (TPSA) is 123 Å². The number of primary amides is 1. The van der Waals surface area contributed by atoms with Crippen molar-refractivity contribution in [3.63, 3.8) is 0 Å². The second-order valence-corrected chi connectivity index (χ2v) is 5.19. The van der Waals surface area contributed by atoms with Crippen molar-refractivity contribution in [2.75, 3.05) is 6.61 Å². The van der Waals surface area contributed by atoms with E-state index in [-0.39, 0.29) is 13.2 Å². The summed E-state index contributed by atoms with van der Waals surface area (Å²) in [5, 5.41) is 6.22. The highest BCUT2D eigenvalue weighted by Gasteiger charge is 2.11. The number of nitrogens with one attached hydrogen (secondary N) is 2. The molecule has 0 aliphatic rings. The Bertz CT molecular complexity index is 789. The van der Waals surface area contributed by atoms with Gasteiger partial charge in [0.1, 0.15) is 5.75 Å². The van der Waals surface area contributed by atoms with E-state index in [9.17, 15) is 14.4 Å². The second kappa shape index (κ2) is 9.58. The SMILES string of the molecule is NC(=O)COc1ccc(/C=N\NC(=O)C(=O)NCc2ccccc2)cc1. The van der Waals surface area contributed by atoms with E-state index in [4.69, 9.17) is 10.5 Å². The summed E-state index contributed by atoms with van der Waals surface area (Å²) in [7, 11) is 0. The van der Waals surface area contributed by atoms with Gasteiger partial charge in [0.25, 0.3) is 5.91 Å². The van der Waals surface area contributed by atoms with Crippen LogP contribution in [0.15, 0.2) is 59.7 Å². The van der Waals surface area contributed by atoms with Crippen LogP contribution in [0.25, 0.3) is 0 Å². The Morgan fingerprint density at radius 2 is 1.69 bits per heavy atom. The zero-order valence-corrected chi connectivity index (χ0v) is 13.8. The number of carbonyl (C=O) groups excluding carboxylic acids is 3.